The zero-order valence-corrected chi connectivity index (χ0v) is 12.7. The minimum atomic E-state index is -0.149. The fraction of sp³-hybridized carbons (Fsp3) is 0.235. The molecule has 0 saturated carbocycles. The molecule has 0 aliphatic carbocycles. The molecule has 3 rings (SSSR count). The minimum absolute atomic E-state index is 0.0661. The first-order valence-corrected chi connectivity index (χ1v) is 7.93. The van der Waals surface area contributed by atoms with Crippen molar-refractivity contribution in [1.29, 1.82) is 0 Å². The van der Waals surface area contributed by atoms with E-state index in [4.69, 9.17) is 4.74 Å². The van der Waals surface area contributed by atoms with E-state index < -0.39 is 0 Å². The van der Waals surface area contributed by atoms with Crippen molar-refractivity contribution >= 4 is 29.1 Å². The molecule has 21 heavy (non-hydrogen) atoms. The van der Waals surface area contributed by atoms with Crippen molar-refractivity contribution in [2.24, 2.45) is 0 Å². The van der Waals surface area contributed by atoms with E-state index in [0.717, 1.165) is 21.8 Å². The summed E-state index contributed by atoms with van der Waals surface area (Å²) in [6.45, 7) is 2.26. The summed E-state index contributed by atoms with van der Waals surface area (Å²) in [6.07, 6.45) is 0.380. The molecule has 1 aliphatic heterocycles. The van der Waals surface area contributed by atoms with Crippen molar-refractivity contribution < 1.29 is 9.53 Å². The van der Waals surface area contributed by atoms with Gasteiger partial charge in [0.1, 0.15) is 0 Å². The first-order chi connectivity index (χ1) is 10.3. The lowest BCUT2D eigenvalue weighted by atomic mass is 10.1. The van der Waals surface area contributed by atoms with Crippen LogP contribution in [0.2, 0.25) is 0 Å². The van der Waals surface area contributed by atoms with Gasteiger partial charge in [0.25, 0.3) is 0 Å². The fourth-order valence-corrected chi connectivity index (χ4v) is 3.71. The van der Waals surface area contributed by atoms with E-state index in [1.165, 1.54) is 0 Å². The summed E-state index contributed by atoms with van der Waals surface area (Å²) in [5, 5.41) is 3.53. The van der Waals surface area contributed by atoms with Crippen LogP contribution in [0.3, 0.4) is 0 Å². The van der Waals surface area contributed by atoms with E-state index in [1.807, 2.05) is 31.2 Å². The highest BCUT2D eigenvalue weighted by Gasteiger charge is 2.24. The van der Waals surface area contributed by atoms with Gasteiger partial charge in [-0.05, 0) is 30.7 Å². The Labute approximate surface area is 128 Å². The predicted molar refractivity (Wildman–Crippen MR) is 86.0 cm³/mol. The topological polar surface area (TPSA) is 38.3 Å². The van der Waals surface area contributed by atoms with Crippen molar-refractivity contribution in [3.63, 3.8) is 0 Å². The van der Waals surface area contributed by atoms with Crippen molar-refractivity contribution in [2.45, 2.75) is 23.5 Å². The molecule has 2 aromatic carbocycles. The first-order valence-electron chi connectivity index (χ1n) is 7.05. The van der Waals surface area contributed by atoms with Gasteiger partial charge in [-0.1, -0.05) is 30.3 Å². The number of esters is 1. The van der Waals surface area contributed by atoms with Gasteiger partial charge in [0.2, 0.25) is 0 Å². The number of rotatable bonds is 3. The number of carbonyl (C=O) groups is 1. The summed E-state index contributed by atoms with van der Waals surface area (Å²) in [5.41, 5.74) is 3.29. The standard InChI is InChI=1S/C17H17NO2S/c1-2-20-17(19)11-16-12-7-3-4-8-13(12)18-14-9-5-6-10-15(14)21-16/h3-10,16,18H,2,11H2,1H3. The molecule has 1 atom stereocenters. The van der Waals surface area contributed by atoms with Gasteiger partial charge in [0.05, 0.1) is 18.7 Å². The zero-order chi connectivity index (χ0) is 14.7. The first kappa shape index (κ1) is 14.0. The molecule has 4 heteroatoms. The number of anilines is 2. The Morgan fingerprint density at radius 1 is 1.14 bits per heavy atom. The molecule has 0 spiro atoms. The Morgan fingerprint density at radius 3 is 2.67 bits per heavy atom. The maximum Gasteiger partial charge on any atom is 0.307 e. The summed E-state index contributed by atoms with van der Waals surface area (Å²) < 4.78 is 5.12. The minimum Gasteiger partial charge on any atom is -0.466 e. The Balaban J connectivity index is 1.97. The number of para-hydroxylation sites is 2. The van der Waals surface area contributed by atoms with Crippen molar-refractivity contribution in [1.82, 2.24) is 0 Å². The number of benzene rings is 2. The molecule has 0 fully saturated rings. The number of hydrogen-bond donors (Lipinski definition) is 1. The molecule has 0 amide bonds. The lowest BCUT2D eigenvalue weighted by molar-refractivity contribution is -0.143. The Morgan fingerprint density at radius 2 is 1.86 bits per heavy atom. The van der Waals surface area contributed by atoms with Gasteiger partial charge in [-0.3, -0.25) is 4.79 Å². The number of carbonyl (C=O) groups excluding carboxylic acids is 1. The van der Waals surface area contributed by atoms with Crippen LogP contribution in [0.15, 0.2) is 53.4 Å². The monoisotopic (exact) mass is 299 g/mol. The lowest BCUT2D eigenvalue weighted by Crippen LogP contribution is -2.08. The number of fused-ring (bicyclic) bond motifs is 2. The van der Waals surface area contributed by atoms with Gasteiger partial charge in [0, 0.05) is 15.8 Å². The Kier molecular flexibility index (Phi) is 4.15. The molecule has 0 bridgehead atoms. The quantitative estimate of drug-likeness (QED) is 0.845. The third kappa shape index (κ3) is 3.05. The van der Waals surface area contributed by atoms with Crippen LogP contribution in [-0.4, -0.2) is 12.6 Å². The summed E-state index contributed by atoms with van der Waals surface area (Å²) in [7, 11) is 0. The molecule has 1 heterocycles. The van der Waals surface area contributed by atoms with Crippen LogP contribution in [0.25, 0.3) is 0 Å². The van der Waals surface area contributed by atoms with Crippen LogP contribution < -0.4 is 5.32 Å². The maximum atomic E-state index is 11.9. The molecule has 3 nitrogen and oxygen atoms in total. The number of ether oxygens (including phenoxy) is 1. The van der Waals surface area contributed by atoms with Gasteiger partial charge in [-0.25, -0.2) is 0 Å². The molecule has 0 radical (unpaired) electrons. The summed E-state index contributed by atoms with van der Waals surface area (Å²) in [5.74, 6) is -0.149. The van der Waals surface area contributed by atoms with E-state index in [9.17, 15) is 4.79 Å². The second-order valence-electron chi connectivity index (χ2n) is 4.82. The van der Waals surface area contributed by atoms with Crippen LogP contribution in [-0.2, 0) is 9.53 Å². The second-order valence-corrected chi connectivity index (χ2v) is 6.07. The summed E-state index contributed by atoms with van der Waals surface area (Å²) in [6, 6.07) is 16.3. The van der Waals surface area contributed by atoms with Gasteiger partial charge in [-0.2, -0.15) is 0 Å². The van der Waals surface area contributed by atoms with E-state index >= 15 is 0 Å². The smallest absolute Gasteiger partial charge is 0.307 e. The van der Waals surface area contributed by atoms with Gasteiger partial charge < -0.3 is 10.1 Å². The Bertz CT molecular complexity index is 657. The molecule has 0 aromatic heterocycles. The summed E-state index contributed by atoms with van der Waals surface area (Å²) in [4.78, 5) is 13.0. The highest BCUT2D eigenvalue weighted by Crippen LogP contribution is 2.47. The van der Waals surface area contributed by atoms with E-state index in [-0.39, 0.29) is 11.2 Å². The van der Waals surface area contributed by atoms with Crippen molar-refractivity contribution in [2.75, 3.05) is 11.9 Å². The largest absolute Gasteiger partial charge is 0.466 e. The van der Waals surface area contributed by atoms with Crippen LogP contribution in [0.4, 0.5) is 11.4 Å². The van der Waals surface area contributed by atoms with E-state index in [2.05, 4.69) is 29.6 Å². The normalized spacial score (nSPS) is 16.1. The molecular weight excluding hydrogens is 282 g/mol. The fourth-order valence-electron chi connectivity index (χ4n) is 2.45. The molecule has 108 valence electrons. The average Bonchev–Trinajstić information content (AvgIpc) is 2.64. The molecule has 1 unspecified atom stereocenters. The molecule has 0 saturated heterocycles. The van der Waals surface area contributed by atoms with Crippen LogP contribution in [0.5, 0.6) is 0 Å². The summed E-state index contributed by atoms with van der Waals surface area (Å²) >= 11 is 1.71. The van der Waals surface area contributed by atoms with Crippen LogP contribution >= 0.6 is 11.8 Å². The highest BCUT2D eigenvalue weighted by molar-refractivity contribution is 7.99. The molecule has 2 aromatic rings. The zero-order valence-electron chi connectivity index (χ0n) is 11.8. The van der Waals surface area contributed by atoms with Gasteiger partial charge in [-0.15, -0.1) is 11.8 Å². The van der Waals surface area contributed by atoms with Crippen molar-refractivity contribution in [3.05, 3.63) is 54.1 Å². The van der Waals surface area contributed by atoms with E-state index in [0.29, 0.717) is 13.0 Å². The van der Waals surface area contributed by atoms with E-state index in [1.54, 1.807) is 11.8 Å². The van der Waals surface area contributed by atoms with Crippen molar-refractivity contribution in [3.8, 4) is 0 Å². The highest BCUT2D eigenvalue weighted by atomic mass is 32.2. The maximum absolute atomic E-state index is 11.9. The molecule has 1 N–H and O–H groups in total. The number of thioether (sulfide) groups is 1. The Hall–Kier alpha value is -1.94. The van der Waals surface area contributed by atoms with Crippen LogP contribution in [0.1, 0.15) is 24.2 Å². The van der Waals surface area contributed by atoms with Gasteiger partial charge in [0.15, 0.2) is 0 Å². The molecule has 1 aliphatic rings. The number of nitrogens with one attached hydrogen (secondary N) is 1. The third-order valence-electron chi connectivity index (χ3n) is 3.39. The third-order valence-corrected chi connectivity index (χ3v) is 4.71. The molecular formula is C17H17NO2S. The van der Waals surface area contributed by atoms with Crippen LogP contribution in [0, 0.1) is 0 Å². The average molecular weight is 299 g/mol. The second kappa shape index (κ2) is 6.22. The lowest BCUT2D eigenvalue weighted by Gasteiger charge is -2.16. The predicted octanol–water partition coefficient (Wildman–Crippen LogP) is 4.53. The number of hydrogen-bond acceptors (Lipinski definition) is 4. The SMILES string of the molecule is CCOC(=O)CC1Sc2ccccc2Nc2ccccc21. The van der Waals surface area contributed by atoms with Gasteiger partial charge >= 0.3 is 5.97 Å².